The zero-order valence-electron chi connectivity index (χ0n) is 7.37. The van der Waals surface area contributed by atoms with Gasteiger partial charge < -0.3 is 9.84 Å². The molecule has 0 saturated carbocycles. The lowest BCUT2D eigenvalue weighted by Crippen LogP contribution is -2.18. The Hall–Kier alpha value is -0.900. The third-order valence-electron chi connectivity index (χ3n) is 1.30. The first kappa shape index (κ1) is 11.1. The smallest absolute Gasteiger partial charge is 0.313 e. The summed E-state index contributed by atoms with van der Waals surface area (Å²) in [7, 11) is 0. The first-order valence-corrected chi connectivity index (χ1v) is 3.89. The highest BCUT2D eigenvalue weighted by Gasteiger charge is 2.08. The third kappa shape index (κ3) is 5.85. The minimum absolute atomic E-state index is 0.0252. The summed E-state index contributed by atoms with van der Waals surface area (Å²) >= 11 is 0. The van der Waals surface area contributed by atoms with Crippen LogP contribution in [0.2, 0.25) is 0 Å². The van der Waals surface area contributed by atoms with Gasteiger partial charge in [-0.05, 0) is 13.3 Å². The summed E-state index contributed by atoms with van der Waals surface area (Å²) < 4.78 is 4.60. The Balaban J connectivity index is 3.50. The van der Waals surface area contributed by atoms with Crippen LogP contribution in [0.5, 0.6) is 0 Å². The standard InChI is InChI=1S/C8H14O4/c1-3-7(10)5-12-8(11)4-6(2)9/h7,10H,3-5H2,1-2H3. The van der Waals surface area contributed by atoms with Gasteiger partial charge in [-0.15, -0.1) is 0 Å². The largest absolute Gasteiger partial charge is 0.463 e. The Bertz CT molecular complexity index is 164. The topological polar surface area (TPSA) is 63.6 Å². The normalized spacial score (nSPS) is 12.2. The SMILES string of the molecule is CCC(O)COC(=O)CC(C)=O. The highest BCUT2D eigenvalue weighted by Crippen LogP contribution is 1.93. The number of Topliss-reactive ketones (excluding diaryl/α,β-unsaturated/α-hetero) is 1. The molecule has 0 amide bonds. The Morgan fingerprint density at radius 3 is 2.50 bits per heavy atom. The maximum atomic E-state index is 10.7. The van der Waals surface area contributed by atoms with E-state index in [1.165, 1.54) is 6.92 Å². The number of carbonyl (C=O) groups is 2. The molecule has 0 aliphatic carbocycles. The Kier molecular flexibility index (Phi) is 5.28. The molecule has 0 aliphatic rings. The van der Waals surface area contributed by atoms with Crippen molar-refractivity contribution in [1.82, 2.24) is 0 Å². The molecule has 1 atom stereocenters. The van der Waals surface area contributed by atoms with Gasteiger partial charge in [-0.1, -0.05) is 6.92 Å². The van der Waals surface area contributed by atoms with Gasteiger partial charge in [0.1, 0.15) is 18.8 Å². The maximum absolute atomic E-state index is 10.7. The summed E-state index contributed by atoms with van der Waals surface area (Å²) in [6, 6.07) is 0. The second-order valence-electron chi connectivity index (χ2n) is 2.62. The zero-order valence-corrected chi connectivity index (χ0v) is 7.37. The van der Waals surface area contributed by atoms with Crippen molar-refractivity contribution in [2.45, 2.75) is 32.8 Å². The monoisotopic (exact) mass is 174 g/mol. The lowest BCUT2D eigenvalue weighted by molar-refractivity contribution is -0.148. The molecule has 0 fully saturated rings. The van der Waals surface area contributed by atoms with Crippen LogP contribution in [-0.4, -0.2) is 29.6 Å². The van der Waals surface area contributed by atoms with E-state index in [0.717, 1.165) is 0 Å². The lowest BCUT2D eigenvalue weighted by atomic mass is 10.3. The number of aliphatic hydroxyl groups is 1. The van der Waals surface area contributed by atoms with Crippen LogP contribution in [0, 0.1) is 0 Å². The molecule has 0 aromatic carbocycles. The predicted molar refractivity (Wildman–Crippen MR) is 42.6 cm³/mol. The van der Waals surface area contributed by atoms with E-state index in [-0.39, 0.29) is 18.8 Å². The van der Waals surface area contributed by atoms with E-state index < -0.39 is 12.1 Å². The fourth-order valence-electron chi connectivity index (χ4n) is 0.561. The van der Waals surface area contributed by atoms with E-state index in [4.69, 9.17) is 5.11 Å². The summed E-state index contributed by atoms with van der Waals surface area (Å²) in [5.41, 5.74) is 0. The number of esters is 1. The van der Waals surface area contributed by atoms with Crippen molar-refractivity contribution in [2.75, 3.05) is 6.61 Å². The highest BCUT2D eigenvalue weighted by molar-refractivity contribution is 5.94. The van der Waals surface area contributed by atoms with Gasteiger partial charge in [-0.3, -0.25) is 9.59 Å². The minimum Gasteiger partial charge on any atom is -0.463 e. The number of hydrogen-bond donors (Lipinski definition) is 1. The third-order valence-corrected chi connectivity index (χ3v) is 1.30. The van der Waals surface area contributed by atoms with Crippen LogP contribution in [-0.2, 0) is 14.3 Å². The van der Waals surface area contributed by atoms with Gasteiger partial charge >= 0.3 is 5.97 Å². The number of rotatable bonds is 5. The highest BCUT2D eigenvalue weighted by atomic mass is 16.5. The van der Waals surface area contributed by atoms with Crippen molar-refractivity contribution in [3.05, 3.63) is 0 Å². The molecular weight excluding hydrogens is 160 g/mol. The second-order valence-corrected chi connectivity index (χ2v) is 2.62. The fraction of sp³-hybridized carbons (Fsp3) is 0.750. The number of carbonyl (C=O) groups excluding carboxylic acids is 2. The summed E-state index contributed by atoms with van der Waals surface area (Å²) in [6.07, 6.45) is -0.301. The van der Waals surface area contributed by atoms with Gasteiger partial charge in [-0.25, -0.2) is 0 Å². The molecular formula is C8H14O4. The lowest BCUT2D eigenvalue weighted by Gasteiger charge is -2.07. The van der Waals surface area contributed by atoms with Crippen molar-refractivity contribution in [3.63, 3.8) is 0 Å². The first-order chi connectivity index (χ1) is 5.56. The predicted octanol–water partition coefficient (Wildman–Crippen LogP) is 0.280. The molecule has 0 heterocycles. The molecule has 4 heteroatoms. The second kappa shape index (κ2) is 5.71. The van der Waals surface area contributed by atoms with E-state index in [1.54, 1.807) is 6.92 Å². The van der Waals surface area contributed by atoms with Crippen LogP contribution in [0.4, 0.5) is 0 Å². The van der Waals surface area contributed by atoms with Gasteiger partial charge in [0.05, 0.1) is 6.10 Å². The van der Waals surface area contributed by atoms with Gasteiger partial charge in [-0.2, -0.15) is 0 Å². The van der Waals surface area contributed by atoms with Crippen molar-refractivity contribution in [3.8, 4) is 0 Å². The molecule has 4 nitrogen and oxygen atoms in total. The van der Waals surface area contributed by atoms with Crippen LogP contribution in [0.25, 0.3) is 0 Å². The van der Waals surface area contributed by atoms with Gasteiger partial charge in [0.2, 0.25) is 0 Å². The molecule has 0 aromatic heterocycles. The number of aliphatic hydroxyl groups excluding tert-OH is 1. The Morgan fingerprint density at radius 1 is 1.50 bits per heavy atom. The van der Waals surface area contributed by atoms with Gasteiger partial charge in [0.25, 0.3) is 0 Å². The van der Waals surface area contributed by atoms with Crippen LogP contribution in [0.3, 0.4) is 0 Å². The summed E-state index contributed by atoms with van der Waals surface area (Å²) in [5, 5.41) is 8.98. The molecule has 0 aliphatic heterocycles. The average molecular weight is 174 g/mol. The number of hydrogen-bond acceptors (Lipinski definition) is 4. The zero-order chi connectivity index (χ0) is 9.56. The van der Waals surface area contributed by atoms with E-state index in [2.05, 4.69) is 4.74 Å². The van der Waals surface area contributed by atoms with Crippen molar-refractivity contribution < 1.29 is 19.4 Å². The molecule has 70 valence electrons. The summed E-state index contributed by atoms with van der Waals surface area (Å²) in [6.45, 7) is 3.07. The van der Waals surface area contributed by atoms with E-state index in [0.29, 0.717) is 6.42 Å². The molecule has 0 saturated heterocycles. The van der Waals surface area contributed by atoms with Crippen molar-refractivity contribution in [1.29, 1.82) is 0 Å². The van der Waals surface area contributed by atoms with Crippen LogP contribution >= 0.6 is 0 Å². The fourth-order valence-corrected chi connectivity index (χ4v) is 0.561. The molecule has 0 bridgehead atoms. The Labute approximate surface area is 71.5 Å². The van der Waals surface area contributed by atoms with Crippen LogP contribution < -0.4 is 0 Å². The average Bonchev–Trinajstić information content (AvgIpc) is 1.99. The molecule has 0 spiro atoms. The van der Waals surface area contributed by atoms with Crippen molar-refractivity contribution in [2.24, 2.45) is 0 Å². The molecule has 12 heavy (non-hydrogen) atoms. The van der Waals surface area contributed by atoms with Gasteiger partial charge in [0.15, 0.2) is 0 Å². The molecule has 0 aromatic rings. The number of ether oxygens (including phenoxy) is 1. The van der Waals surface area contributed by atoms with E-state index in [9.17, 15) is 9.59 Å². The summed E-state index contributed by atoms with van der Waals surface area (Å²) in [5.74, 6) is -0.805. The van der Waals surface area contributed by atoms with E-state index in [1.807, 2.05) is 0 Å². The van der Waals surface area contributed by atoms with Crippen LogP contribution in [0.1, 0.15) is 26.7 Å². The quantitative estimate of drug-likeness (QED) is 0.480. The molecule has 1 N–H and O–H groups in total. The van der Waals surface area contributed by atoms with Gasteiger partial charge in [0, 0.05) is 0 Å². The molecule has 1 unspecified atom stereocenters. The van der Waals surface area contributed by atoms with Crippen LogP contribution in [0.15, 0.2) is 0 Å². The summed E-state index contributed by atoms with van der Waals surface area (Å²) in [4.78, 5) is 21.1. The first-order valence-electron chi connectivity index (χ1n) is 3.89. The van der Waals surface area contributed by atoms with E-state index >= 15 is 0 Å². The van der Waals surface area contributed by atoms with Crippen molar-refractivity contribution >= 4 is 11.8 Å². The maximum Gasteiger partial charge on any atom is 0.313 e. The molecule has 0 rings (SSSR count). The molecule has 0 radical (unpaired) electrons. The number of ketones is 1. The Morgan fingerprint density at radius 2 is 2.08 bits per heavy atom. The minimum atomic E-state index is -0.624.